The van der Waals surface area contributed by atoms with Gasteiger partial charge in [-0.15, -0.1) is 11.8 Å². The molecule has 2 saturated heterocycles. The Kier molecular flexibility index (Phi) is 3.19. The van der Waals surface area contributed by atoms with Gasteiger partial charge in [0.2, 0.25) is 0 Å². The van der Waals surface area contributed by atoms with Crippen molar-refractivity contribution in [1.29, 1.82) is 0 Å². The molecule has 1 aromatic heterocycles. The Morgan fingerprint density at radius 2 is 2.47 bits per heavy atom. The van der Waals surface area contributed by atoms with E-state index >= 15 is 0 Å². The summed E-state index contributed by atoms with van der Waals surface area (Å²) in [5, 5.41) is 4.60. The van der Waals surface area contributed by atoms with Gasteiger partial charge in [-0.1, -0.05) is 0 Å². The molecule has 0 saturated carbocycles. The second-order valence-electron chi connectivity index (χ2n) is 4.68. The van der Waals surface area contributed by atoms with Crippen LogP contribution in [0, 0.1) is 5.92 Å². The number of rotatable bonds is 4. The van der Waals surface area contributed by atoms with Gasteiger partial charge in [0, 0.05) is 12.5 Å². The van der Waals surface area contributed by atoms with Gasteiger partial charge in [-0.05, 0) is 37.1 Å². The summed E-state index contributed by atoms with van der Waals surface area (Å²) in [6.45, 7) is 0.983. The van der Waals surface area contributed by atoms with Gasteiger partial charge in [0.1, 0.15) is 5.00 Å². The van der Waals surface area contributed by atoms with Crippen molar-refractivity contribution >= 4 is 34.1 Å². The van der Waals surface area contributed by atoms with Crippen LogP contribution in [0.1, 0.15) is 19.3 Å². The molecule has 6 heteroatoms. The monoisotopic (exact) mass is 271 g/mol. The lowest BCUT2D eigenvalue weighted by Crippen LogP contribution is -2.24. The second-order valence-corrected chi connectivity index (χ2v) is 6.27. The molecule has 0 spiro atoms. The van der Waals surface area contributed by atoms with E-state index < -0.39 is 0 Å². The quantitative estimate of drug-likeness (QED) is 0.824. The molecular formula is C11H17N3OS2. The maximum absolute atomic E-state index is 5.85. The average Bonchev–Trinajstić information content (AvgIpc) is 3.01. The molecule has 0 radical (unpaired) electrons. The third kappa shape index (κ3) is 2.13. The van der Waals surface area contributed by atoms with Crippen LogP contribution in [-0.4, -0.2) is 29.4 Å². The number of hydrogen-bond acceptors (Lipinski definition) is 6. The van der Waals surface area contributed by atoms with E-state index in [0.29, 0.717) is 23.9 Å². The highest BCUT2D eigenvalue weighted by atomic mass is 32.2. The van der Waals surface area contributed by atoms with Crippen LogP contribution in [0.15, 0.2) is 4.90 Å². The molecule has 3 unspecified atom stereocenters. The SMILES string of the molecule is CSc1c(N)nsc1NCC1CC2CCC1O2. The Morgan fingerprint density at radius 1 is 1.59 bits per heavy atom. The van der Waals surface area contributed by atoms with Crippen LogP contribution in [0.5, 0.6) is 0 Å². The molecule has 17 heavy (non-hydrogen) atoms. The molecule has 3 atom stereocenters. The van der Waals surface area contributed by atoms with E-state index in [0.717, 1.165) is 16.4 Å². The molecule has 2 aliphatic rings. The Labute approximate surface area is 109 Å². The number of hydrogen-bond donors (Lipinski definition) is 2. The summed E-state index contributed by atoms with van der Waals surface area (Å²) in [5.74, 6) is 1.31. The van der Waals surface area contributed by atoms with E-state index in [1.54, 1.807) is 11.8 Å². The summed E-state index contributed by atoms with van der Waals surface area (Å²) in [6, 6.07) is 0. The van der Waals surface area contributed by atoms with E-state index in [2.05, 4.69) is 9.69 Å². The summed E-state index contributed by atoms with van der Waals surface area (Å²) in [4.78, 5) is 1.08. The molecule has 2 fully saturated rings. The van der Waals surface area contributed by atoms with Crippen LogP contribution in [-0.2, 0) is 4.74 Å². The number of nitrogens with zero attached hydrogens (tertiary/aromatic N) is 1. The Morgan fingerprint density at radius 3 is 3.12 bits per heavy atom. The minimum Gasteiger partial charge on any atom is -0.382 e. The highest BCUT2D eigenvalue weighted by Gasteiger charge is 2.40. The molecule has 0 aromatic carbocycles. The minimum atomic E-state index is 0.482. The fraction of sp³-hybridized carbons (Fsp3) is 0.727. The van der Waals surface area contributed by atoms with Gasteiger partial charge >= 0.3 is 0 Å². The third-order valence-electron chi connectivity index (χ3n) is 3.63. The third-order valence-corrected chi connectivity index (χ3v) is 5.40. The van der Waals surface area contributed by atoms with E-state index in [-0.39, 0.29) is 0 Å². The zero-order chi connectivity index (χ0) is 11.8. The van der Waals surface area contributed by atoms with Crippen molar-refractivity contribution in [3.05, 3.63) is 0 Å². The van der Waals surface area contributed by atoms with Crippen LogP contribution in [0.4, 0.5) is 10.8 Å². The van der Waals surface area contributed by atoms with Crippen molar-refractivity contribution in [2.45, 2.75) is 36.4 Å². The number of aromatic nitrogens is 1. The summed E-state index contributed by atoms with van der Waals surface area (Å²) < 4.78 is 10.0. The van der Waals surface area contributed by atoms with Crippen molar-refractivity contribution in [2.24, 2.45) is 5.92 Å². The number of nitrogen functional groups attached to an aromatic ring is 1. The molecule has 1 aromatic rings. The predicted octanol–water partition coefficient (Wildman–Crippen LogP) is 2.43. The topological polar surface area (TPSA) is 60.2 Å². The molecule has 3 N–H and O–H groups in total. The molecule has 4 nitrogen and oxygen atoms in total. The smallest absolute Gasteiger partial charge is 0.153 e. The number of fused-ring (bicyclic) bond motifs is 2. The molecule has 0 amide bonds. The molecular weight excluding hydrogens is 254 g/mol. The van der Waals surface area contributed by atoms with Crippen molar-refractivity contribution in [3.8, 4) is 0 Å². The fourth-order valence-corrected chi connectivity index (χ4v) is 4.33. The van der Waals surface area contributed by atoms with Gasteiger partial charge in [0.15, 0.2) is 5.82 Å². The number of nitrogens with one attached hydrogen (secondary N) is 1. The van der Waals surface area contributed by atoms with Crippen LogP contribution >= 0.6 is 23.3 Å². The first-order valence-corrected chi connectivity index (χ1v) is 7.96. The lowest BCUT2D eigenvalue weighted by Gasteiger charge is -2.19. The Balaban J connectivity index is 1.60. The summed E-state index contributed by atoms with van der Waals surface area (Å²) in [7, 11) is 0. The van der Waals surface area contributed by atoms with Gasteiger partial charge in [-0.3, -0.25) is 0 Å². The lowest BCUT2D eigenvalue weighted by molar-refractivity contribution is 0.0942. The van der Waals surface area contributed by atoms with Crippen LogP contribution in [0.3, 0.4) is 0 Å². The van der Waals surface area contributed by atoms with Crippen molar-refractivity contribution in [2.75, 3.05) is 23.9 Å². The Bertz CT molecular complexity index is 409. The highest BCUT2D eigenvalue weighted by Crippen LogP contribution is 2.40. The number of anilines is 2. The first kappa shape index (κ1) is 11.6. The minimum absolute atomic E-state index is 0.482. The first-order valence-electron chi connectivity index (χ1n) is 5.96. The zero-order valence-corrected chi connectivity index (χ0v) is 11.4. The largest absolute Gasteiger partial charge is 0.382 e. The fourth-order valence-electron chi connectivity index (χ4n) is 2.79. The van der Waals surface area contributed by atoms with E-state index in [9.17, 15) is 0 Å². The molecule has 2 aliphatic heterocycles. The van der Waals surface area contributed by atoms with Gasteiger partial charge in [0.25, 0.3) is 0 Å². The van der Waals surface area contributed by atoms with E-state index in [4.69, 9.17) is 10.5 Å². The molecule has 94 valence electrons. The van der Waals surface area contributed by atoms with Crippen molar-refractivity contribution < 1.29 is 4.74 Å². The van der Waals surface area contributed by atoms with E-state index in [1.807, 2.05) is 6.26 Å². The van der Waals surface area contributed by atoms with Crippen LogP contribution < -0.4 is 11.1 Å². The summed E-state index contributed by atoms with van der Waals surface area (Å²) in [6.07, 6.45) is 6.74. The molecule has 0 aliphatic carbocycles. The average molecular weight is 271 g/mol. The maximum atomic E-state index is 5.85. The van der Waals surface area contributed by atoms with Gasteiger partial charge in [-0.2, -0.15) is 4.37 Å². The molecule has 3 rings (SSSR count). The first-order chi connectivity index (χ1) is 8.28. The number of thioether (sulfide) groups is 1. The normalized spacial score (nSPS) is 31.0. The van der Waals surface area contributed by atoms with Gasteiger partial charge < -0.3 is 15.8 Å². The number of ether oxygens (including phenoxy) is 1. The van der Waals surface area contributed by atoms with Gasteiger partial charge in [0.05, 0.1) is 17.1 Å². The van der Waals surface area contributed by atoms with E-state index in [1.165, 1.54) is 30.8 Å². The predicted molar refractivity (Wildman–Crippen MR) is 72.8 cm³/mol. The highest BCUT2D eigenvalue weighted by molar-refractivity contribution is 7.99. The van der Waals surface area contributed by atoms with Crippen molar-refractivity contribution in [3.63, 3.8) is 0 Å². The molecule has 3 heterocycles. The summed E-state index contributed by atoms with van der Waals surface area (Å²) >= 11 is 3.11. The van der Waals surface area contributed by atoms with Crippen LogP contribution in [0.2, 0.25) is 0 Å². The maximum Gasteiger partial charge on any atom is 0.153 e. The second kappa shape index (κ2) is 4.66. The summed E-state index contributed by atoms with van der Waals surface area (Å²) in [5.41, 5.74) is 5.81. The van der Waals surface area contributed by atoms with Crippen LogP contribution in [0.25, 0.3) is 0 Å². The zero-order valence-electron chi connectivity index (χ0n) is 9.81. The standard InChI is InChI=1S/C11H17N3OS2/c1-16-9-10(12)14-17-11(9)13-5-6-4-7-2-3-8(6)15-7/h6-8,13H,2-5H2,1H3,(H2,12,14). The van der Waals surface area contributed by atoms with Gasteiger partial charge in [-0.25, -0.2) is 0 Å². The lowest BCUT2D eigenvalue weighted by atomic mass is 9.89. The number of nitrogens with two attached hydrogens (primary N) is 1. The molecule has 2 bridgehead atoms. The Hall–Kier alpha value is -0.460. The van der Waals surface area contributed by atoms with Crippen molar-refractivity contribution in [1.82, 2.24) is 4.37 Å².